The molecule has 11 nitrogen and oxygen atoms in total. The van der Waals surface area contributed by atoms with Crippen molar-refractivity contribution in [1.82, 2.24) is 39.9 Å². The van der Waals surface area contributed by atoms with Gasteiger partial charge in [-0.1, -0.05) is 68.5 Å². The van der Waals surface area contributed by atoms with E-state index in [1.165, 1.54) is 31.4 Å². The minimum Gasteiger partial charge on any atom is -0.337 e. The fourth-order valence-electron chi connectivity index (χ4n) is 6.80. The molecule has 0 radical (unpaired) electrons. The van der Waals surface area contributed by atoms with Gasteiger partial charge in [-0.3, -0.25) is 14.6 Å². The molecule has 3 atom stereocenters. The lowest BCUT2D eigenvalue weighted by Gasteiger charge is -2.48. The number of aromatic nitrogens is 6. The van der Waals surface area contributed by atoms with Crippen LogP contribution in [-0.2, 0) is 4.79 Å². The van der Waals surface area contributed by atoms with Crippen molar-refractivity contribution >= 4 is 28.1 Å². The van der Waals surface area contributed by atoms with Crippen LogP contribution in [0.25, 0.3) is 0 Å². The molecule has 1 spiro atoms. The lowest BCUT2D eigenvalue weighted by molar-refractivity contribution is -0.109. The number of nitrogens with one attached hydrogen (secondary N) is 1. The summed E-state index contributed by atoms with van der Waals surface area (Å²) in [5, 5.41) is 16.9. The first-order chi connectivity index (χ1) is 21.6. The summed E-state index contributed by atoms with van der Waals surface area (Å²) in [6, 6.07) is 1.99. The van der Waals surface area contributed by atoms with Crippen molar-refractivity contribution in [3.05, 3.63) is 47.6 Å². The Morgan fingerprint density at radius 1 is 1.22 bits per heavy atom. The highest BCUT2D eigenvalue weighted by Crippen LogP contribution is 2.50. The van der Waals surface area contributed by atoms with Gasteiger partial charge in [0.1, 0.15) is 12.3 Å². The van der Waals surface area contributed by atoms with Gasteiger partial charge in [-0.2, -0.15) is 15.2 Å². The van der Waals surface area contributed by atoms with Crippen molar-refractivity contribution in [3.8, 4) is 0 Å². The summed E-state index contributed by atoms with van der Waals surface area (Å²) < 4.78 is 7.66. The number of rotatable bonds is 6. The van der Waals surface area contributed by atoms with E-state index in [2.05, 4.69) is 63.1 Å². The first kappa shape index (κ1) is 35.0. The Bertz CT molecular complexity index is 1360. The van der Waals surface area contributed by atoms with E-state index in [1.807, 2.05) is 43.5 Å². The zero-order valence-corrected chi connectivity index (χ0v) is 29.6. The van der Waals surface area contributed by atoms with E-state index in [4.69, 9.17) is 14.6 Å². The molecule has 7 rings (SSSR count). The second kappa shape index (κ2) is 15.2. The third kappa shape index (κ3) is 7.93. The van der Waals surface area contributed by atoms with Gasteiger partial charge in [-0.05, 0) is 44.7 Å². The first-order valence-corrected chi connectivity index (χ1v) is 17.6. The fourth-order valence-corrected chi connectivity index (χ4v) is 6.80. The normalized spacial score (nSPS) is 23.5. The zero-order chi connectivity index (χ0) is 32.8. The van der Waals surface area contributed by atoms with Gasteiger partial charge >= 0.3 is 0 Å². The Morgan fingerprint density at radius 2 is 1.89 bits per heavy atom. The quantitative estimate of drug-likeness (QED) is 0.244. The van der Waals surface area contributed by atoms with Crippen molar-refractivity contribution in [1.29, 1.82) is 0 Å². The second-order valence-corrected chi connectivity index (χ2v) is 14.5. The monoisotopic (exact) mass is 686 g/mol. The summed E-state index contributed by atoms with van der Waals surface area (Å²) in [7, 11) is 2.10. The van der Waals surface area contributed by atoms with E-state index in [9.17, 15) is 9.59 Å². The molecule has 1 N–H and O–H groups in total. The number of amides is 1. The van der Waals surface area contributed by atoms with Crippen LogP contribution in [0.15, 0.2) is 29.2 Å². The Balaban J connectivity index is 0.000000328. The van der Waals surface area contributed by atoms with Gasteiger partial charge in [0.2, 0.25) is 0 Å². The molecule has 2 saturated carbocycles. The van der Waals surface area contributed by atoms with Crippen LogP contribution in [0, 0.1) is 16.7 Å². The van der Waals surface area contributed by atoms with Gasteiger partial charge in [-0.15, -0.1) is 0 Å². The van der Waals surface area contributed by atoms with Crippen molar-refractivity contribution in [2.75, 3.05) is 38.6 Å². The molecular formula is C33H51BrN8O3. The minimum absolute atomic E-state index is 0.00625. The second-order valence-electron chi connectivity index (χ2n) is 13.3. The van der Waals surface area contributed by atoms with Crippen LogP contribution in [0.4, 0.5) is 0 Å². The smallest absolute Gasteiger partial charge is 0.257 e. The lowest BCUT2D eigenvalue weighted by atomic mass is 9.71. The van der Waals surface area contributed by atoms with E-state index in [-0.39, 0.29) is 23.3 Å². The van der Waals surface area contributed by atoms with Crippen LogP contribution in [-0.4, -0.2) is 90.7 Å². The van der Waals surface area contributed by atoms with Crippen molar-refractivity contribution in [2.45, 2.75) is 91.5 Å². The largest absolute Gasteiger partial charge is 0.337 e. The summed E-state index contributed by atoms with van der Waals surface area (Å²) in [5.41, 5.74) is 2.05. The lowest BCUT2D eigenvalue weighted by Crippen LogP contribution is -2.58. The van der Waals surface area contributed by atoms with Crippen LogP contribution < -0.4 is 0 Å². The number of aromatic amines is 1. The van der Waals surface area contributed by atoms with Crippen LogP contribution in [0.5, 0.6) is 0 Å². The molecule has 2 aliphatic carbocycles. The maximum Gasteiger partial charge on any atom is 0.257 e. The number of alkyl halides is 1. The SMILES string of the molecule is CC.CC(c1nc(C2CN(C(=O)c3cn[nH]c3)CC23CN(C)C3)no1)n1ccc(C2CCCC2)n1.CC1(C)CC1C=O.CCBr. The number of halogens is 1. The van der Waals surface area contributed by atoms with Crippen molar-refractivity contribution in [3.63, 3.8) is 0 Å². The molecule has 3 aromatic heterocycles. The van der Waals surface area contributed by atoms with E-state index in [0.29, 0.717) is 47.6 Å². The predicted molar refractivity (Wildman–Crippen MR) is 177 cm³/mol. The number of hydrogen-bond donors (Lipinski definition) is 1. The molecule has 1 amide bonds. The minimum atomic E-state index is -0.133. The highest BCUT2D eigenvalue weighted by atomic mass is 79.9. The van der Waals surface area contributed by atoms with Crippen LogP contribution in [0.3, 0.4) is 0 Å². The number of nitrogens with zero attached hydrogens (tertiary/aromatic N) is 7. The Morgan fingerprint density at radius 3 is 2.42 bits per heavy atom. The average molecular weight is 688 g/mol. The molecule has 2 aliphatic heterocycles. The van der Waals surface area contributed by atoms with Crippen LogP contribution in [0.2, 0.25) is 0 Å². The molecule has 4 fully saturated rings. The molecule has 45 heavy (non-hydrogen) atoms. The number of aldehydes is 1. The maximum absolute atomic E-state index is 13.0. The summed E-state index contributed by atoms with van der Waals surface area (Å²) >= 11 is 3.15. The molecule has 248 valence electrons. The van der Waals surface area contributed by atoms with Gasteiger partial charge in [0.25, 0.3) is 11.8 Å². The fraction of sp³-hybridized carbons (Fsp3) is 0.697. The molecular weight excluding hydrogens is 636 g/mol. The summed E-state index contributed by atoms with van der Waals surface area (Å²) in [4.78, 5) is 32.0. The third-order valence-corrected chi connectivity index (χ3v) is 9.53. The van der Waals surface area contributed by atoms with Gasteiger partial charge in [0.05, 0.1) is 17.5 Å². The standard InChI is InChI=1S/C23H30N8O2.C6H10O.C2H5Br.C2H6/c1-15(31-8-7-19(27-31)16-5-3-4-6-16)21-26-20(28-33-21)18-11-30(14-23(18)12-29(2)13-23)22(32)17-9-24-25-10-17;1-6(2)3-5(6)4-7;1-2-3;1-2/h7-10,15-16,18H,3-6,11-14H2,1-2H3,(H,24,25);4-5H,3H2,1-2H3;2H2,1H3;1-2H3. The highest BCUT2D eigenvalue weighted by Gasteiger charge is 2.56. The van der Waals surface area contributed by atoms with Gasteiger partial charge in [0, 0.05) is 67.1 Å². The Kier molecular flexibility index (Phi) is 11.8. The molecule has 0 aromatic carbocycles. The zero-order valence-electron chi connectivity index (χ0n) is 28.0. The Labute approximate surface area is 276 Å². The maximum atomic E-state index is 13.0. The van der Waals surface area contributed by atoms with E-state index >= 15 is 0 Å². The molecule has 3 unspecified atom stereocenters. The average Bonchev–Trinajstić information content (AvgIpc) is 3.77. The van der Waals surface area contributed by atoms with E-state index < -0.39 is 0 Å². The van der Waals surface area contributed by atoms with Gasteiger partial charge in [-0.25, -0.2) is 0 Å². The van der Waals surface area contributed by atoms with Gasteiger partial charge in [0.15, 0.2) is 5.82 Å². The molecule has 3 aromatic rings. The summed E-state index contributed by atoms with van der Waals surface area (Å²) in [6.45, 7) is 15.4. The third-order valence-electron chi connectivity index (χ3n) is 9.53. The summed E-state index contributed by atoms with van der Waals surface area (Å²) in [5.74, 6) is 2.23. The van der Waals surface area contributed by atoms with Crippen molar-refractivity contribution in [2.24, 2.45) is 16.7 Å². The van der Waals surface area contributed by atoms with Gasteiger partial charge < -0.3 is 19.1 Å². The molecule has 12 heteroatoms. The molecule has 5 heterocycles. The van der Waals surface area contributed by atoms with E-state index in [0.717, 1.165) is 31.1 Å². The number of carbonyl (C=O) groups is 2. The number of H-pyrrole nitrogens is 1. The molecule has 0 bridgehead atoms. The highest BCUT2D eigenvalue weighted by molar-refractivity contribution is 9.09. The number of likely N-dealkylation sites (tertiary alicyclic amines) is 2. The number of carbonyl (C=O) groups excluding carboxylic acids is 2. The van der Waals surface area contributed by atoms with Crippen LogP contribution >= 0.6 is 15.9 Å². The topological polar surface area (TPSA) is 126 Å². The summed E-state index contributed by atoms with van der Waals surface area (Å²) in [6.07, 6.45) is 12.4. The van der Waals surface area contributed by atoms with Crippen molar-refractivity contribution < 1.29 is 14.1 Å². The number of hydrogen-bond acceptors (Lipinski definition) is 8. The predicted octanol–water partition coefficient (Wildman–Crippen LogP) is 6.09. The Hall–Kier alpha value is -2.86. The molecule has 2 saturated heterocycles. The van der Waals surface area contributed by atoms with Crippen LogP contribution in [0.1, 0.15) is 119 Å². The molecule has 4 aliphatic rings. The van der Waals surface area contributed by atoms with E-state index in [1.54, 1.807) is 12.4 Å². The first-order valence-electron chi connectivity index (χ1n) is 16.5.